The minimum atomic E-state index is -0.189. The molecule has 118 valence electrons. The van der Waals surface area contributed by atoms with Crippen LogP contribution >= 0.6 is 15.9 Å². The van der Waals surface area contributed by atoms with Gasteiger partial charge in [0.25, 0.3) is 0 Å². The number of hydrogen-bond donors (Lipinski definition) is 1. The number of rotatable bonds is 4. The predicted molar refractivity (Wildman–Crippen MR) is 85.9 cm³/mol. The molecule has 0 unspecified atom stereocenters. The highest BCUT2D eigenvalue weighted by molar-refractivity contribution is 9.10. The van der Waals surface area contributed by atoms with E-state index in [1.54, 1.807) is 10.7 Å². The highest BCUT2D eigenvalue weighted by atomic mass is 79.9. The Morgan fingerprint density at radius 1 is 1.50 bits per heavy atom. The fraction of sp³-hybridized carbons (Fsp3) is 0.438. The normalized spacial score (nSPS) is 22.0. The van der Waals surface area contributed by atoms with Gasteiger partial charge in [-0.1, -0.05) is 15.9 Å². The first kappa shape index (κ1) is 15.6. The van der Waals surface area contributed by atoms with Crippen molar-refractivity contribution in [1.29, 1.82) is 0 Å². The Balaban J connectivity index is 1.70. The maximum atomic E-state index is 13.8. The van der Waals surface area contributed by atoms with Gasteiger partial charge < -0.3 is 10.1 Å². The molecule has 1 aromatic carbocycles. The fourth-order valence-electron chi connectivity index (χ4n) is 2.83. The topological polar surface area (TPSA) is 39.1 Å². The highest BCUT2D eigenvalue weighted by Crippen LogP contribution is 2.28. The third-order valence-electron chi connectivity index (χ3n) is 3.94. The summed E-state index contributed by atoms with van der Waals surface area (Å²) in [5, 5.41) is 7.65. The molecular weight excluding hydrogens is 349 g/mol. The fourth-order valence-corrected chi connectivity index (χ4v) is 3.23. The van der Waals surface area contributed by atoms with Gasteiger partial charge >= 0.3 is 0 Å². The van der Waals surface area contributed by atoms with Crippen LogP contribution in [0.15, 0.2) is 35.1 Å². The van der Waals surface area contributed by atoms with Crippen LogP contribution < -0.4 is 5.32 Å². The summed E-state index contributed by atoms with van der Waals surface area (Å²) >= 11 is 3.38. The van der Waals surface area contributed by atoms with Crippen LogP contribution in [-0.4, -0.2) is 22.4 Å². The molecule has 0 bridgehead atoms. The van der Waals surface area contributed by atoms with Crippen molar-refractivity contribution in [3.63, 3.8) is 0 Å². The molecule has 0 saturated carbocycles. The molecule has 2 aromatic rings. The maximum Gasteiger partial charge on any atom is 0.127 e. The van der Waals surface area contributed by atoms with Crippen molar-refractivity contribution in [2.75, 3.05) is 6.61 Å². The van der Waals surface area contributed by atoms with Gasteiger partial charge in [-0.15, -0.1) is 0 Å². The molecule has 0 aliphatic carbocycles. The van der Waals surface area contributed by atoms with Gasteiger partial charge in [-0.25, -0.2) is 4.39 Å². The van der Waals surface area contributed by atoms with Gasteiger partial charge in [-0.3, -0.25) is 4.68 Å². The number of halogens is 2. The first-order valence-electron chi connectivity index (χ1n) is 7.41. The second-order valence-corrected chi connectivity index (χ2v) is 6.52. The van der Waals surface area contributed by atoms with Crippen LogP contribution in [0.5, 0.6) is 0 Å². The molecule has 0 radical (unpaired) electrons. The first-order valence-corrected chi connectivity index (χ1v) is 8.20. The van der Waals surface area contributed by atoms with Crippen molar-refractivity contribution in [3.8, 4) is 0 Å². The Bertz CT molecular complexity index is 646. The molecule has 22 heavy (non-hydrogen) atoms. The van der Waals surface area contributed by atoms with E-state index in [1.165, 1.54) is 6.07 Å². The minimum absolute atomic E-state index is 0.0299. The van der Waals surface area contributed by atoms with Gasteiger partial charge in [0.15, 0.2) is 0 Å². The van der Waals surface area contributed by atoms with E-state index in [-0.39, 0.29) is 18.0 Å². The maximum absolute atomic E-state index is 13.8. The van der Waals surface area contributed by atoms with E-state index in [2.05, 4.69) is 26.3 Å². The molecule has 4 nitrogen and oxygen atoms in total. The van der Waals surface area contributed by atoms with Crippen LogP contribution in [0.25, 0.3) is 0 Å². The predicted octanol–water partition coefficient (Wildman–Crippen LogP) is 3.33. The van der Waals surface area contributed by atoms with Crippen LogP contribution in [0.3, 0.4) is 0 Å². The average Bonchev–Trinajstić information content (AvgIpc) is 2.95. The number of aromatic nitrogens is 2. The third-order valence-corrected chi connectivity index (χ3v) is 4.43. The van der Waals surface area contributed by atoms with Gasteiger partial charge in [0, 0.05) is 48.0 Å². The summed E-state index contributed by atoms with van der Waals surface area (Å²) in [6.45, 7) is 1.24. The van der Waals surface area contributed by atoms with Gasteiger partial charge in [0.05, 0.1) is 6.20 Å². The standard InChI is InChI=1S/C16H19BrFN3O/c1-21-10-12(9-20-21)16-15(3-2-6-22-16)19-8-11-7-13(17)4-5-14(11)18/h4-5,7,9-10,15-16,19H,2-3,6,8H2,1H3/t15-,16+/m0/s1. The Morgan fingerprint density at radius 3 is 3.14 bits per heavy atom. The number of ether oxygens (including phenoxy) is 1. The summed E-state index contributed by atoms with van der Waals surface area (Å²) in [6.07, 6.45) is 5.80. The Kier molecular flexibility index (Phi) is 4.90. The molecule has 1 fully saturated rings. The van der Waals surface area contributed by atoms with Crippen LogP contribution in [0.4, 0.5) is 4.39 Å². The number of hydrogen-bond acceptors (Lipinski definition) is 3. The molecule has 1 aliphatic heterocycles. The number of nitrogens with zero attached hydrogens (tertiary/aromatic N) is 2. The molecule has 2 atom stereocenters. The molecule has 0 spiro atoms. The lowest BCUT2D eigenvalue weighted by Crippen LogP contribution is -2.39. The Morgan fingerprint density at radius 2 is 2.36 bits per heavy atom. The van der Waals surface area contributed by atoms with Crippen LogP contribution in [-0.2, 0) is 18.3 Å². The van der Waals surface area contributed by atoms with E-state index in [0.29, 0.717) is 12.1 Å². The van der Waals surface area contributed by atoms with E-state index < -0.39 is 0 Å². The summed E-state index contributed by atoms with van der Waals surface area (Å²) in [5.41, 5.74) is 1.72. The Hall–Kier alpha value is -1.24. The lowest BCUT2D eigenvalue weighted by molar-refractivity contribution is -0.0113. The minimum Gasteiger partial charge on any atom is -0.372 e. The van der Waals surface area contributed by atoms with Crippen LogP contribution in [0, 0.1) is 5.82 Å². The molecule has 1 aliphatic rings. The third kappa shape index (κ3) is 3.56. The average molecular weight is 368 g/mol. The summed E-state index contributed by atoms with van der Waals surface area (Å²) in [4.78, 5) is 0. The van der Waals surface area contributed by atoms with E-state index >= 15 is 0 Å². The lowest BCUT2D eigenvalue weighted by atomic mass is 9.98. The lowest BCUT2D eigenvalue weighted by Gasteiger charge is -2.32. The van der Waals surface area contributed by atoms with Crippen molar-refractivity contribution >= 4 is 15.9 Å². The zero-order valence-electron chi connectivity index (χ0n) is 12.4. The summed E-state index contributed by atoms with van der Waals surface area (Å²) in [7, 11) is 1.89. The van der Waals surface area contributed by atoms with E-state index in [4.69, 9.17) is 4.74 Å². The monoisotopic (exact) mass is 367 g/mol. The zero-order valence-corrected chi connectivity index (χ0v) is 14.0. The van der Waals surface area contributed by atoms with Crippen molar-refractivity contribution < 1.29 is 9.13 Å². The highest BCUT2D eigenvalue weighted by Gasteiger charge is 2.28. The molecule has 1 saturated heterocycles. The molecule has 1 N–H and O–H groups in total. The van der Waals surface area contributed by atoms with Crippen molar-refractivity contribution in [2.45, 2.75) is 31.5 Å². The van der Waals surface area contributed by atoms with Crippen LogP contribution in [0.2, 0.25) is 0 Å². The number of aryl methyl sites for hydroxylation is 1. The van der Waals surface area contributed by atoms with Gasteiger partial charge in [0.1, 0.15) is 11.9 Å². The second-order valence-electron chi connectivity index (χ2n) is 5.60. The van der Waals surface area contributed by atoms with Crippen molar-refractivity contribution in [2.24, 2.45) is 7.05 Å². The number of nitrogens with one attached hydrogen (secondary N) is 1. The molecule has 6 heteroatoms. The summed E-state index contributed by atoms with van der Waals surface area (Å²) in [5.74, 6) is -0.189. The molecule has 1 aromatic heterocycles. The Labute approximate surface area is 137 Å². The van der Waals surface area contributed by atoms with Gasteiger partial charge in [-0.2, -0.15) is 5.10 Å². The SMILES string of the molecule is Cn1cc([C@H]2OCCC[C@@H]2NCc2cc(Br)ccc2F)cn1. The van der Waals surface area contributed by atoms with Gasteiger partial charge in [-0.05, 0) is 31.0 Å². The summed E-state index contributed by atoms with van der Waals surface area (Å²) in [6, 6.07) is 5.17. The van der Waals surface area contributed by atoms with Crippen LogP contribution in [0.1, 0.15) is 30.1 Å². The molecule has 3 rings (SSSR count). The number of benzene rings is 1. The summed E-state index contributed by atoms with van der Waals surface area (Å²) < 4.78 is 22.4. The van der Waals surface area contributed by atoms with Crippen molar-refractivity contribution in [1.82, 2.24) is 15.1 Å². The van der Waals surface area contributed by atoms with Gasteiger partial charge in [0.2, 0.25) is 0 Å². The van der Waals surface area contributed by atoms with E-state index in [0.717, 1.165) is 29.5 Å². The molecule has 2 heterocycles. The smallest absolute Gasteiger partial charge is 0.127 e. The quantitative estimate of drug-likeness (QED) is 0.900. The molecule has 0 amide bonds. The first-order chi connectivity index (χ1) is 10.6. The van der Waals surface area contributed by atoms with E-state index in [1.807, 2.05) is 25.5 Å². The van der Waals surface area contributed by atoms with E-state index in [9.17, 15) is 4.39 Å². The molecular formula is C16H19BrFN3O. The van der Waals surface area contributed by atoms with Crippen molar-refractivity contribution in [3.05, 3.63) is 52.0 Å². The second kappa shape index (κ2) is 6.89. The largest absolute Gasteiger partial charge is 0.372 e. The zero-order chi connectivity index (χ0) is 15.5.